The van der Waals surface area contributed by atoms with Crippen molar-refractivity contribution in [3.63, 3.8) is 0 Å². The van der Waals surface area contributed by atoms with E-state index in [-0.39, 0.29) is 24.1 Å². The molecule has 0 atom stereocenters. The summed E-state index contributed by atoms with van der Waals surface area (Å²) in [7, 11) is 1.52. The largest absolute Gasteiger partial charge is 0.454 e. The van der Waals surface area contributed by atoms with E-state index in [0.29, 0.717) is 16.5 Å². The van der Waals surface area contributed by atoms with Crippen LogP contribution < -0.4 is 10.6 Å². The van der Waals surface area contributed by atoms with Gasteiger partial charge in [0.1, 0.15) is 5.76 Å². The zero-order valence-electron chi connectivity index (χ0n) is 11.5. The van der Waals surface area contributed by atoms with Crippen LogP contribution >= 0.6 is 11.8 Å². The van der Waals surface area contributed by atoms with E-state index >= 15 is 0 Å². The number of hydrogen-bond donors (Lipinski definition) is 2. The molecular weight excluding hydrogens is 292 g/mol. The molecule has 7 nitrogen and oxygen atoms in total. The van der Waals surface area contributed by atoms with Gasteiger partial charge in [-0.05, 0) is 18.4 Å². The molecule has 0 saturated carbocycles. The van der Waals surface area contributed by atoms with E-state index in [2.05, 4.69) is 20.6 Å². The monoisotopic (exact) mass is 306 g/mol. The molecule has 0 aromatic carbocycles. The number of carbonyl (C=O) groups is 2. The molecule has 0 spiro atoms. The maximum Gasteiger partial charge on any atom is 0.286 e. The highest BCUT2D eigenvalue weighted by Crippen LogP contribution is 2.09. The van der Waals surface area contributed by atoms with Crippen LogP contribution in [-0.2, 0) is 6.54 Å². The highest BCUT2D eigenvalue weighted by Gasteiger charge is 2.11. The average Bonchev–Trinajstić information content (AvgIpc) is 3.01. The summed E-state index contributed by atoms with van der Waals surface area (Å²) >= 11 is 1.40. The molecule has 2 amide bonds. The first-order valence-electron chi connectivity index (χ1n) is 6.09. The molecule has 0 bridgehead atoms. The summed E-state index contributed by atoms with van der Waals surface area (Å²) in [5.74, 6) is 0.0761. The van der Waals surface area contributed by atoms with Crippen LogP contribution in [0.1, 0.15) is 26.7 Å². The number of furan rings is 1. The van der Waals surface area contributed by atoms with Crippen LogP contribution in [0.25, 0.3) is 0 Å². The number of hydrogen-bond acceptors (Lipinski definition) is 6. The topological polar surface area (TPSA) is 97.1 Å². The standard InChI is InChI=1S/C13H14N4O3S/c1-14-12(19)10-4-3-9(20-10)7-15-11(18)8-5-16-13(21-2)17-6-8/h3-6H,7H2,1-2H3,(H,14,19)(H,15,18). The van der Waals surface area contributed by atoms with Crippen molar-refractivity contribution in [1.29, 1.82) is 0 Å². The number of aromatic nitrogens is 2. The minimum absolute atomic E-state index is 0.181. The number of amides is 2. The lowest BCUT2D eigenvalue weighted by Crippen LogP contribution is -2.23. The summed E-state index contributed by atoms with van der Waals surface area (Å²) in [6.07, 6.45) is 4.79. The van der Waals surface area contributed by atoms with Gasteiger partial charge >= 0.3 is 0 Å². The number of carbonyl (C=O) groups excluding carboxylic acids is 2. The van der Waals surface area contributed by atoms with Crippen LogP contribution in [0.3, 0.4) is 0 Å². The Kier molecular flexibility index (Phi) is 4.94. The molecule has 0 aliphatic heterocycles. The average molecular weight is 306 g/mol. The molecular formula is C13H14N4O3S. The van der Waals surface area contributed by atoms with Gasteiger partial charge in [0.25, 0.3) is 11.8 Å². The lowest BCUT2D eigenvalue weighted by molar-refractivity contribution is 0.0933. The highest BCUT2D eigenvalue weighted by molar-refractivity contribution is 7.98. The molecule has 110 valence electrons. The fraction of sp³-hybridized carbons (Fsp3) is 0.231. The number of rotatable bonds is 5. The zero-order valence-corrected chi connectivity index (χ0v) is 12.4. The van der Waals surface area contributed by atoms with Gasteiger partial charge in [-0.3, -0.25) is 9.59 Å². The molecule has 2 aromatic rings. The minimum Gasteiger partial charge on any atom is -0.454 e. The van der Waals surface area contributed by atoms with Crippen LogP contribution in [0.4, 0.5) is 0 Å². The molecule has 2 rings (SSSR count). The van der Waals surface area contributed by atoms with E-state index in [4.69, 9.17) is 4.42 Å². The Morgan fingerprint density at radius 1 is 1.24 bits per heavy atom. The Bertz CT molecular complexity index is 639. The van der Waals surface area contributed by atoms with Crippen molar-refractivity contribution in [2.24, 2.45) is 0 Å². The molecule has 0 aliphatic carbocycles. The third kappa shape index (κ3) is 3.82. The normalized spacial score (nSPS) is 10.2. The van der Waals surface area contributed by atoms with Gasteiger partial charge in [0.15, 0.2) is 10.9 Å². The molecule has 2 heterocycles. The van der Waals surface area contributed by atoms with Gasteiger partial charge in [-0.2, -0.15) is 0 Å². The zero-order chi connectivity index (χ0) is 15.2. The molecule has 0 saturated heterocycles. The van der Waals surface area contributed by atoms with Gasteiger partial charge in [0.2, 0.25) is 0 Å². The summed E-state index contributed by atoms with van der Waals surface area (Å²) in [5.41, 5.74) is 0.367. The van der Waals surface area contributed by atoms with Crippen LogP contribution in [0, 0.1) is 0 Å². The van der Waals surface area contributed by atoms with Crippen molar-refractivity contribution in [3.05, 3.63) is 41.6 Å². The van der Waals surface area contributed by atoms with Crippen molar-refractivity contribution in [2.75, 3.05) is 13.3 Å². The summed E-state index contributed by atoms with van der Waals surface area (Å²) in [6, 6.07) is 3.19. The number of nitrogens with one attached hydrogen (secondary N) is 2. The Balaban J connectivity index is 1.94. The lowest BCUT2D eigenvalue weighted by Gasteiger charge is -2.03. The fourth-order valence-electron chi connectivity index (χ4n) is 1.53. The summed E-state index contributed by atoms with van der Waals surface area (Å²) in [6.45, 7) is 0.181. The Labute approximate surface area is 125 Å². The second-order valence-corrected chi connectivity index (χ2v) is 4.76. The molecule has 2 aromatic heterocycles. The highest BCUT2D eigenvalue weighted by atomic mass is 32.2. The van der Waals surface area contributed by atoms with E-state index in [1.807, 2.05) is 6.26 Å². The van der Waals surface area contributed by atoms with Crippen molar-refractivity contribution >= 4 is 23.6 Å². The van der Waals surface area contributed by atoms with Gasteiger partial charge in [0.05, 0.1) is 12.1 Å². The quantitative estimate of drug-likeness (QED) is 0.634. The minimum atomic E-state index is -0.311. The van der Waals surface area contributed by atoms with Crippen LogP contribution in [-0.4, -0.2) is 35.1 Å². The first-order chi connectivity index (χ1) is 10.1. The number of thioether (sulfide) groups is 1. The Morgan fingerprint density at radius 2 is 1.95 bits per heavy atom. The Morgan fingerprint density at radius 3 is 2.57 bits per heavy atom. The predicted molar refractivity (Wildman–Crippen MR) is 77.1 cm³/mol. The van der Waals surface area contributed by atoms with Crippen molar-refractivity contribution in [2.45, 2.75) is 11.7 Å². The summed E-state index contributed by atoms with van der Waals surface area (Å²) in [5, 5.41) is 5.73. The molecule has 0 fully saturated rings. The molecule has 0 aliphatic rings. The second kappa shape index (κ2) is 6.89. The van der Waals surface area contributed by atoms with Crippen LogP contribution in [0.5, 0.6) is 0 Å². The molecule has 0 unspecified atom stereocenters. The maximum absolute atomic E-state index is 11.9. The Hall–Kier alpha value is -2.35. The third-order valence-electron chi connectivity index (χ3n) is 2.61. The van der Waals surface area contributed by atoms with Gasteiger partial charge in [-0.15, -0.1) is 0 Å². The second-order valence-electron chi connectivity index (χ2n) is 3.99. The van der Waals surface area contributed by atoms with Crippen LogP contribution in [0.2, 0.25) is 0 Å². The number of nitrogens with zero attached hydrogens (tertiary/aromatic N) is 2. The van der Waals surface area contributed by atoms with Gasteiger partial charge in [0, 0.05) is 19.4 Å². The predicted octanol–water partition coefficient (Wildman–Crippen LogP) is 1.08. The third-order valence-corrected chi connectivity index (χ3v) is 3.18. The maximum atomic E-state index is 11.9. The van der Waals surface area contributed by atoms with Crippen LogP contribution in [0.15, 0.2) is 34.1 Å². The van der Waals surface area contributed by atoms with E-state index in [1.165, 1.54) is 31.2 Å². The summed E-state index contributed by atoms with van der Waals surface area (Å²) in [4.78, 5) is 31.3. The van der Waals surface area contributed by atoms with Gasteiger partial charge in [-0.25, -0.2) is 9.97 Å². The van der Waals surface area contributed by atoms with Crippen molar-refractivity contribution in [1.82, 2.24) is 20.6 Å². The molecule has 21 heavy (non-hydrogen) atoms. The van der Waals surface area contributed by atoms with E-state index in [9.17, 15) is 9.59 Å². The van der Waals surface area contributed by atoms with E-state index in [1.54, 1.807) is 12.1 Å². The van der Waals surface area contributed by atoms with E-state index < -0.39 is 0 Å². The molecule has 8 heteroatoms. The first-order valence-corrected chi connectivity index (χ1v) is 7.31. The van der Waals surface area contributed by atoms with Gasteiger partial charge in [-0.1, -0.05) is 11.8 Å². The van der Waals surface area contributed by atoms with Crippen molar-refractivity contribution < 1.29 is 14.0 Å². The van der Waals surface area contributed by atoms with E-state index in [0.717, 1.165) is 0 Å². The summed E-state index contributed by atoms with van der Waals surface area (Å²) < 4.78 is 5.30. The van der Waals surface area contributed by atoms with Gasteiger partial charge < -0.3 is 15.1 Å². The SMILES string of the molecule is CNC(=O)c1ccc(CNC(=O)c2cnc(SC)nc2)o1. The smallest absolute Gasteiger partial charge is 0.286 e. The fourth-order valence-corrected chi connectivity index (χ4v) is 1.84. The molecule has 2 N–H and O–H groups in total. The molecule has 0 radical (unpaired) electrons. The lowest BCUT2D eigenvalue weighted by atomic mass is 10.3. The van der Waals surface area contributed by atoms with Crippen molar-refractivity contribution in [3.8, 4) is 0 Å². The first kappa shape index (κ1) is 15.0.